The summed E-state index contributed by atoms with van der Waals surface area (Å²) in [5, 5.41) is 0. The van der Waals surface area contributed by atoms with Crippen LogP contribution in [0.25, 0.3) is 0 Å². The molecule has 49 valence electrons. The molecule has 0 aliphatic rings. The molecule has 0 aromatic heterocycles. The minimum absolute atomic E-state index is 0.598. The van der Waals surface area contributed by atoms with Crippen LogP contribution in [-0.4, -0.2) is 6.54 Å². The molecule has 0 saturated carbocycles. The highest BCUT2D eigenvalue weighted by Crippen LogP contribution is 2.07. The molecule has 0 aliphatic carbocycles. The summed E-state index contributed by atoms with van der Waals surface area (Å²) in [4.78, 5) is 0. The van der Waals surface area contributed by atoms with E-state index in [0.29, 0.717) is 6.54 Å². The molecule has 0 aromatic rings. The first-order chi connectivity index (χ1) is 3.81. The first-order valence-corrected chi connectivity index (χ1v) is 3.45. The van der Waals surface area contributed by atoms with Gasteiger partial charge in [-0.05, 0) is 12.3 Å². The minimum atomic E-state index is 0.598. The Bertz CT molecular complexity index is 37.7. The van der Waals surface area contributed by atoms with Crippen molar-refractivity contribution in [3.63, 3.8) is 0 Å². The normalized spacial score (nSPS) is 13.9. The molecule has 0 aromatic carbocycles. The third-order valence-electron chi connectivity index (χ3n) is 1.42. The molecule has 1 unspecified atom stereocenters. The number of hydrogen-bond acceptors (Lipinski definition) is 0. The van der Waals surface area contributed by atoms with Crippen molar-refractivity contribution in [3.8, 4) is 0 Å². The molecule has 1 heteroatoms. The second-order valence-corrected chi connectivity index (χ2v) is 2.43. The van der Waals surface area contributed by atoms with Crippen LogP contribution < -0.4 is 5.73 Å². The van der Waals surface area contributed by atoms with Crippen LogP contribution >= 0.6 is 0 Å². The van der Waals surface area contributed by atoms with E-state index in [4.69, 9.17) is 5.73 Å². The largest absolute Gasteiger partial charge is 0.258 e. The Morgan fingerprint density at radius 3 is 2.38 bits per heavy atom. The SMILES string of the molecule is CCCC(C)CC[NH]. The third-order valence-corrected chi connectivity index (χ3v) is 1.42. The predicted octanol–water partition coefficient (Wildman–Crippen LogP) is 2.10. The Hall–Kier alpha value is -0.0400. The van der Waals surface area contributed by atoms with Gasteiger partial charge in [-0.3, -0.25) is 5.73 Å². The minimum Gasteiger partial charge on any atom is -0.258 e. The second-order valence-electron chi connectivity index (χ2n) is 2.43. The van der Waals surface area contributed by atoms with Crippen molar-refractivity contribution < 1.29 is 0 Å². The fraction of sp³-hybridized carbons (Fsp3) is 1.00. The lowest BCUT2D eigenvalue weighted by molar-refractivity contribution is 0.490. The monoisotopic (exact) mass is 114 g/mol. The summed E-state index contributed by atoms with van der Waals surface area (Å²) in [5.74, 6) is 0.775. The van der Waals surface area contributed by atoms with Crippen molar-refractivity contribution in [1.82, 2.24) is 5.73 Å². The number of hydrogen-bond donors (Lipinski definition) is 0. The van der Waals surface area contributed by atoms with Crippen LogP contribution in [0, 0.1) is 5.92 Å². The smallest absolute Gasteiger partial charge is 0.0102 e. The van der Waals surface area contributed by atoms with E-state index in [1.807, 2.05) is 0 Å². The summed E-state index contributed by atoms with van der Waals surface area (Å²) in [6, 6.07) is 0. The second kappa shape index (κ2) is 5.10. The maximum absolute atomic E-state index is 6.91. The lowest BCUT2D eigenvalue weighted by Gasteiger charge is -2.05. The summed E-state index contributed by atoms with van der Waals surface area (Å²) in [6.45, 7) is 5.01. The quantitative estimate of drug-likeness (QED) is 0.534. The molecule has 0 saturated heterocycles. The van der Waals surface area contributed by atoms with E-state index in [-0.39, 0.29) is 0 Å². The van der Waals surface area contributed by atoms with E-state index in [1.165, 1.54) is 12.8 Å². The van der Waals surface area contributed by atoms with Crippen LogP contribution in [-0.2, 0) is 0 Å². The zero-order valence-electron chi connectivity index (χ0n) is 5.91. The third kappa shape index (κ3) is 4.13. The Labute approximate surface area is 52.3 Å². The Kier molecular flexibility index (Phi) is 5.08. The van der Waals surface area contributed by atoms with Crippen LogP contribution in [0.5, 0.6) is 0 Å². The first-order valence-electron chi connectivity index (χ1n) is 3.45. The maximum Gasteiger partial charge on any atom is 0.0102 e. The molecular formula is C7H16N. The van der Waals surface area contributed by atoms with Gasteiger partial charge in [0.2, 0.25) is 0 Å². The molecule has 0 rings (SSSR count). The van der Waals surface area contributed by atoms with Gasteiger partial charge >= 0.3 is 0 Å². The Morgan fingerprint density at radius 2 is 2.00 bits per heavy atom. The number of rotatable bonds is 4. The van der Waals surface area contributed by atoms with Crippen LogP contribution in [0.3, 0.4) is 0 Å². The van der Waals surface area contributed by atoms with Gasteiger partial charge in [0.1, 0.15) is 0 Å². The molecule has 0 aliphatic heterocycles. The zero-order valence-corrected chi connectivity index (χ0v) is 5.91. The van der Waals surface area contributed by atoms with Crippen molar-refractivity contribution in [2.24, 2.45) is 5.92 Å². The molecule has 1 nitrogen and oxygen atoms in total. The summed E-state index contributed by atoms with van der Waals surface area (Å²) in [7, 11) is 0. The van der Waals surface area contributed by atoms with Gasteiger partial charge in [0, 0.05) is 6.54 Å². The highest BCUT2D eigenvalue weighted by atomic mass is 14.5. The van der Waals surface area contributed by atoms with Crippen molar-refractivity contribution >= 4 is 0 Å². The van der Waals surface area contributed by atoms with Gasteiger partial charge in [-0.2, -0.15) is 0 Å². The van der Waals surface area contributed by atoms with E-state index in [2.05, 4.69) is 13.8 Å². The molecule has 1 N–H and O–H groups in total. The number of nitrogens with one attached hydrogen (secondary N) is 1. The Morgan fingerprint density at radius 1 is 1.38 bits per heavy atom. The fourth-order valence-corrected chi connectivity index (χ4v) is 0.884. The van der Waals surface area contributed by atoms with Crippen molar-refractivity contribution in [2.75, 3.05) is 6.54 Å². The van der Waals surface area contributed by atoms with Gasteiger partial charge < -0.3 is 0 Å². The van der Waals surface area contributed by atoms with E-state index < -0.39 is 0 Å². The van der Waals surface area contributed by atoms with E-state index in [0.717, 1.165) is 12.3 Å². The summed E-state index contributed by atoms with van der Waals surface area (Å²) < 4.78 is 0. The van der Waals surface area contributed by atoms with Gasteiger partial charge in [0.05, 0.1) is 0 Å². The molecule has 0 heterocycles. The zero-order chi connectivity index (χ0) is 6.41. The first kappa shape index (κ1) is 7.96. The molecule has 1 atom stereocenters. The van der Waals surface area contributed by atoms with Gasteiger partial charge in [-0.25, -0.2) is 0 Å². The van der Waals surface area contributed by atoms with Crippen molar-refractivity contribution in [1.29, 1.82) is 0 Å². The summed E-state index contributed by atoms with van der Waals surface area (Å²) in [6.07, 6.45) is 3.63. The highest BCUT2D eigenvalue weighted by molar-refractivity contribution is 4.50. The maximum atomic E-state index is 6.91. The molecule has 0 spiro atoms. The standard InChI is InChI=1S/C7H16N/c1-3-4-7(2)5-6-8/h7-8H,3-6H2,1-2H3. The average Bonchev–Trinajstić information content (AvgIpc) is 1.68. The van der Waals surface area contributed by atoms with Crippen LogP contribution in [0.4, 0.5) is 0 Å². The Balaban J connectivity index is 2.92. The molecule has 0 bridgehead atoms. The van der Waals surface area contributed by atoms with Crippen LogP contribution in [0.15, 0.2) is 0 Å². The summed E-state index contributed by atoms with van der Waals surface area (Å²) in [5.41, 5.74) is 6.91. The average molecular weight is 114 g/mol. The van der Waals surface area contributed by atoms with Gasteiger partial charge in [-0.1, -0.05) is 26.7 Å². The predicted molar refractivity (Wildman–Crippen MR) is 36.7 cm³/mol. The van der Waals surface area contributed by atoms with Crippen LogP contribution in [0.1, 0.15) is 33.1 Å². The highest BCUT2D eigenvalue weighted by Gasteiger charge is 1.96. The lowest BCUT2D eigenvalue weighted by Crippen LogP contribution is -1.97. The van der Waals surface area contributed by atoms with E-state index in [9.17, 15) is 0 Å². The van der Waals surface area contributed by atoms with E-state index in [1.54, 1.807) is 0 Å². The van der Waals surface area contributed by atoms with E-state index >= 15 is 0 Å². The molecule has 8 heavy (non-hydrogen) atoms. The van der Waals surface area contributed by atoms with Gasteiger partial charge in [0.15, 0.2) is 0 Å². The molecule has 1 radical (unpaired) electrons. The topological polar surface area (TPSA) is 23.8 Å². The lowest BCUT2D eigenvalue weighted by atomic mass is 10.0. The van der Waals surface area contributed by atoms with Gasteiger partial charge in [-0.15, -0.1) is 0 Å². The van der Waals surface area contributed by atoms with Gasteiger partial charge in [0.25, 0.3) is 0 Å². The van der Waals surface area contributed by atoms with Crippen molar-refractivity contribution in [2.45, 2.75) is 33.1 Å². The fourth-order valence-electron chi connectivity index (χ4n) is 0.884. The van der Waals surface area contributed by atoms with Crippen LogP contribution in [0.2, 0.25) is 0 Å². The summed E-state index contributed by atoms with van der Waals surface area (Å²) >= 11 is 0. The molecular weight excluding hydrogens is 98.1 g/mol. The van der Waals surface area contributed by atoms with Crippen molar-refractivity contribution in [3.05, 3.63) is 0 Å². The molecule has 0 fully saturated rings. The molecule has 0 amide bonds.